The summed E-state index contributed by atoms with van der Waals surface area (Å²) in [7, 11) is 1.78. The highest BCUT2D eigenvalue weighted by Crippen LogP contribution is 2.36. The monoisotopic (exact) mass is 507 g/mol. The molecule has 1 amide bonds. The first kappa shape index (κ1) is 24.6. The quantitative estimate of drug-likeness (QED) is 0.502. The molecule has 1 fully saturated rings. The molecule has 9 heteroatoms. The van der Waals surface area contributed by atoms with Crippen LogP contribution in [0.3, 0.4) is 0 Å². The van der Waals surface area contributed by atoms with E-state index in [0.29, 0.717) is 29.8 Å². The van der Waals surface area contributed by atoms with Crippen LogP contribution in [0.5, 0.6) is 0 Å². The summed E-state index contributed by atoms with van der Waals surface area (Å²) in [6, 6.07) is 15.9. The van der Waals surface area contributed by atoms with Gasteiger partial charge in [-0.05, 0) is 30.0 Å². The number of benzene rings is 2. The van der Waals surface area contributed by atoms with E-state index in [2.05, 4.69) is 15.3 Å². The van der Waals surface area contributed by atoms with Crippen molar-refractivity contribution < 1.29 is 14.6 Å². The summed E-state index contributed by atoms with van der Waals surface area (Å²) in [5.41, 5.74) is 4.21. The topological polar surface area (TPSA) is 90.8 Å². The molecule has 36 heavy (non-hydrogen) atoms. The molecule has 2 aliphatic heterocycles. The molecule has 0 radical (unpaired) electrons. The molecule has 5 rings (SSSR count). The van der Waals surface area contributed by atoms with E-state index in [4.69, 9.17) is 16.3 Å². The van der Waals surface area contributed by atoms with Gasteiger partial charge in [0.05, 0.1) is 23.5 Å². The minimum absolute atomic E-state index is 0.0476. The van der Waals surface area contributed by atoms with Crippen molar-refractivity contribution in [2.45, 2.75) is 38.2 Å². The second kappa shape index (κ2) is 10.9. The average Bonchev–Trinajstić information content (AvgIpc) is 3.20. The van der Waals surface area contributed by atoms with Crippen LogP contribution in [0.2, 0.25) is 5.02 Å². The van der Waals surface area contributed by atoms with Crippen molar-refractivity contribution in [1.82, 2.24) is 19.8 Å². The fourth-order valence-corrected chi connectivity index (χ4v) is 4.87. The summed E-state index contributed by atoms with van der Waals surface area (Å²) in [5.74, 6) is 0.477. The number of nitrogens with zero attached hydrogens (tertiary/aromatic N) is 4. The predicted molar refractivity (Wildman–Crippen MR) is 138 cm³/mol. The summed E-state index contributed by atoms with van der Waals surface area (Å²) in [4.78, 5) is 25.3. The first-order valence-electron chi connectivity index (χ1n) is 12.2. The van der Waals surface area contributed by atoms with Gasteiger partial charge in [0.25, 0.3) is 0 Å². The highest BCUT2D eigenvalue weighted by molar-refractivity contribution is 6.32. The van der Waals surface area contributed by atoms with Gasteiger partial charge in [-0.15, -0.1) is 0 Å². The van der Waals surface area contributed by atoms with Gasteiger partial charge in [0.2, 0.25) is 11.9 Å². The zero-order valence-electron chi connectivity index (χ0n) is 20.2. The van der Waals surface area contributed by atoms with Gasteiger partial charge in [0, 0.05) is 50.5 Å². The lowest BCUT2D eigenvalue weighted by Crippen LogP contribution is -2.37. The first-order chi connectivity index (χ1) is 17.5. The minimum atomic E-state index is -0.880. The number of fused-ring (bicyclic) bond motifs is 1. The van der Waals surface area contributed by atoms with Crippen LogP contribution < -0.4 is 5.32 Å². The number of carbonyl (C=O) groups is 1. The number of hydrogen-bond acceptors (Lipinski definition) is 7. The van der Waals surface area contributed by atoms with Crippen LogP contribution in [-0.4, -0.2) is 63.6 Å². The number of amides is 1. The van der Waals surface area contributed by atoms with Gasteiger partial charge in [-0.25, -0.2) is 9.97 Å². The molecule has 0 saturated carbocycles. The van der Waals surface area contributed by atoms with Gasteiger partial charge in [-0.3, -0.25) is 9.69 Å². The number of hydrogen-bond donors (Lipinski definition) is 2. The molecule has 3 aromatic rings. The Kier molecular flexibility index (Phi) is 7.48. The Bertz CT molecular complexity index is 1220. The number of anilines is 1. The molecule has 2 aliphatic rings. The van der Waals surface area contributed by atoms with Crippen LogP contribution in [0, 0.1) is 0 Å². The largest absolute Gasteiger partial charge is 0.381 e. The lowest BCUT2D eigenvalue weighted by Gasteiger charge is -2.24. The van der Waals surface area contributed by atoms with E-state index in [1.807, 2.05) is 48.5 Å². The van der Waals surface area contributed by atoms with Crippen molar-refractivity contribution in [2.75, 3.05) is 32.1 Å². The van der Waals surface area contributed by atoms with Crippen LogP contribution in [0.4, 0.5) is 5.95 Å². The lowest BCUT2D eigenvalue weighted by atomic mass is 10.0. The molecule has 1 unspecified atom stereocenters. The van der Waals surface area contributed by atoms with Crippen molar-refractivity contribution >= 4 is 23.5 Å². The number of aliphatic hydroxyl groups excluding tert-OH is 1. The second-order valence-corrected chi connectivity index (χ2v) is 9.76. The average molecular weight is 508 g/mol. The Morgan fingerprint density at radius 1 is 1.22 bits per heavy atom. The normalized spacial score (nSPS) is 18.1. The number of nitrogens with one attached hydrogen (secondary N) is 1. The molecule has 0 bridgehead atoms. The first-order valence-corrected chi connectivity index (χ1v) is 12.6. The Labute approximate surface area is 215 Å². The van der Waals surface area contributed by atoms with E-state index in [1.54, 1.807) is 23.0 Å². The lowest BCUT2D eigenvalue weighted by molar-refractivity contribution is -0.134. The summed E-state index contributed by atoms with van der Waals surface area (Å²) in [6.45, 7) is 2.60. The molecule has 0 spiro atoms. The van der Waals surface area contributed by atoms with Crippen LogP contribution in [-0.2, 0) is 22.6 Å². The molecule has 1 saturated heterocycles. The van der Waals surface area contributed by atoms with Crippen LogP contribution in [0.15, 0.2) is 54.7 Å². The number of carbonyl (C=O) groups excluding carboxylic acids is 1. The minimum Gasteiger partial charge on any atom is -0.381 e. The Balaban J connectivity index is 1.28. The molecule has 3 heterocycles. The molecular formula is C27H30ClN5O3. The smallest absolute Gasteiger partial charge is 0.236 e. The van der Waals surface area contributed by atoms with Gasteiger partial charge in [0.1, 0.15) is 6.23 Å². The van der Waals surface area contributed by atoms with Crippen molar-refractivity contribution in [3.63, 3.8) is 0 Å². The van der Waals surface area contributed by atoms with E-state index in [9.17, 15) is 9.90 Å². The maximum atomic E-state index is 12.9. The van der Waals surface area contributed by atoms with Crippen LogP contribution >= 0.6 is 11.6 Å². The van der Waals surface area contributed by atoms with Gasteiger partial charge >= 0.3 is 0 Å². The SMILES string of the molecule is CN(Cc1ccccc1)C(=O)CN1Cc2ccc(-c3nc(NC4CCOCC4)ncc3Cl)cc2C1O. The fraction of sp³-hybridized carbons (Fsp3) is 0.370. The second-order valence-electron chi connectivity index (χ2n) is 9.35. The van der Waals surface area contributed by atoms with E-state index in [-0.39, 0.29) is 18.5 Å². The molecule has 2 aromatic carbocycles. The standard InChI is InChI=1S/C27H30ClN5O3/c1-32(15-18-5-3-2-4-6-18)24(34)17-33-16-20-8-7-19(13-22(20)26(33)35)25-23(28)14-29-27(31-25)30-21-9-11-36-12-10-21/h2-8,13-14,21,26,35H,9-12,15-17H2,1H3,(H,29,30,31). The van der Waals surface area contributed by atoms with Crippen molar-refractivity contribution in [1.29, 1.82) is 0 Å². The predicted octanol–water partition coefficient (Wildman–Crippen LogP) is 3.85. The molecule has 1 atom stereocenters. The van der Waals surface area contributed by atoms with Crippen molar-refractivity contribution in [3.8, 4) is 11.3 Å². The zero-order chi connectivity index (χ0) is 25.1. The highest BCUT2D eigenvalue weighted by Gasteiger charge is 2.31. The van der Waals surface area contributed by atoms with Gasteiger partial charge < -0.3 is 20.1 Å². The number of rotatable bonds is 7. The number of aromatic nitrogens is 2. The van der Waals surface area contributed by atoms with Crippen molar-refractivity contribution in [2.24, 2.45) is 0 Å². The third-order valence-electron chi connectivity index (χ3n) is 6.74. The Morgan fingerprint density at radius 3 is 2.78 bits per heavy atom. The van der Waals surface area contributed by atoms with Crippen LogP contribution in [0.25, 0.3) is 11.3 Å². The maximum absolute atomic E-state index is 12.9. The van der Waals surface area contributed by atoms with Gasteiger partial charge in [0.15, 0.2) is 0 Å². The van der Waals surface area contributed by atoms with E-state index in [0.717, 1.165) is 48.3 Å². The molecule has 8 nitrogen and oxygen atoms in total. The van der Waals surface area contributed by atoms with E-state index < -0.39 is 6.23 Å². The Hall–Kier alpha value is -3.04. The van der Waals surface area contributed by atoms with E-state index in [1.165, 1.54) is 0 Å². The van der Waals surface area contributed by atoms with Gasteiger partial charge in [-0.2, -0.15) is 0 Å². The number of ether oxygens (including phenoxy) is 1. The summed E-state index contributed by atoms with van der Waals surface area (Å²) >= 11 is 6.46. The number of aliphatic hydroxyl groups is 1. The van der Waals surface area contributed by atoms with Crippen LogP contribution in [0.1, 0.15) is 35.8 Å². The molecular weight excluding hydrogens is 478 g/mol. The summed E-state index contributed by atoms with van der Waals surface area (Å²) < 4.78 is 5.42. The molecule has 2 N–H and O–H groups in total. The third-order valence-corrected chi connectivity index (χ3v) is 7.02. The number of likely N-dealkylation sites (N-methyl/N-ethyl adjacent to an activating group) is 1. The zero-order valence-corrected chi connectivity index (χ0v) is 21.0. The summed E-state index contributed by atoms with van der Waals surface area (Å²) in [6.07, 6.45) is 2.53. The third kappa shape index (κ3) is 5.52. The highest BCUT2D eigenvalue weighted by atomic mass is 35.5. The Morgan fingerprint density at radius 2 is 2.00 bits per heavy atom. The maximum Gasteiger partial charge on any atom is 0.236 e. The van der Waals surface area contributed by atoms with Crippen molar-refractivity contribution in [3.05, 3.63) is 76.4 Å². The van der Waals surface area contributed by atoms with Gasteiger partial charge in [-0.1, -0.05) is 54.1 Å². The molecule has 188 valence electrons. The fourth-order valence-electron chi connectivity index (χ4n) is 4.67. The molecule has 0 aliphatic carbocycles. The molecule has 1 aromatic heterocycles. The number of halogens is 1. The van der Waals surface area contributed by atoms with E-state index >= 15 is 0 Å². The summed E-state index contributed by atoms with van der Waals surface area (Å²) in [5, 5.41) is 14.9.